The Morgan fingerprint density at radius 2 is 2.05 bits per heavy atom. The second kappa shape index (κ2) is 5.20. The summed E-state index contributed by atoms with van der Waals surface area (Å²) < 4.78 is 6.29. The summed E-state index contributed by atoms with van der Waals surface area (Å²) in [6.07, 6.45) is 1.16. The number of rotatable bonds is 4. The molecule has 0 aliphatic rings. The highest BCUT2D eigenvalue weighted by Crippen LogP contribution is 2.23. The van der Waals surface area contributed by atoms with Gasteiger partial charge in [0.15, 0.2) is 0 Å². The first-order valence-corrected chi connectivity index (χ1v) is 6.29. The van der Waals surface area contributed by atoms with E-state index in [1.54, 1.807) is 0 Å². The van der Waals surface area contributed by atoms with E-state index in [0.717, 1.165) is 5.56 Å². The van der Waals surface area contributed by atoms with Crippen LogP contribution in [-0.2, 0) is 11.3 Å². The molecule has 1 N–H and O–H groups in total. The lowest BCUT2D eigenvalue weighted by atomic mass is 10.1. The molecule has 3 rings (SSSR count). The van der Waals surface area contributed by atoms with E-state index in [1.807, 2.05) is 30.3 Å². The Hall–Kier alpha value is -2.96. The number of aryl methyl sites for hydroxylation is 1. The third-order valence-electron chi connectivity index (χ3n) is 3.06. The summed E-state index contributed by atoms with van der Waals surface area (Å²) >= 11 is 0. The minimum Gasteiger partial charge on any atom is -0.481 e. The third-order valence-corrected chi connectivity index (χ3v) is 3.06. The smallest absolute Gasteiger partial charge is 0.305 e. The molecule has 106 valence electrons. The van der Waals surface area contributed by atoms with E-state index in [2.05, 4.69) is 10.1 Å². The average molecular weight is 285 g/mol. The van der Waals surface area contributed by atoms with Crippen LogP contribution in [0.2, 0.25) is 0 Å². The summed E-state index contributed by atoms with van der Waals surface area (Å²) in [5, 5.41) is 12.6. The Labute approximate surface area is 118 Å². The molecule has 0 saturated carbocycles. The molecule has 0 aliphatic heterocycles. The van der Waals surface area contributed by atoms with Crippen LogP contribution in [-0.4, -0.2) is 25.8 Å². The normalized spacial score (nSPS) is 10.9. The van der Waals surface area contributed by atoms with E-state index in [-0.39, 0.29) is 18.5 Å². The predicted octanol–water partition coefficient (Wildman–Crippen LogP) is 1.53. The van der Waals surface area contributed by atoms with Crippen LogP contribution >= 0.6 is 0 Å². The number of carbonyl (C=O) groups is 1. The van der Waals surface area contributed by atoms with Gasteiger partial charge in [-0.2, -0.15) is 0 Å². The molecule has 21 heavy (non-hydrogen) atoms. The van der Waals surface area contributed by atoms with Gasteiger partial charge in [-0.05, 0) is 0 Å². The summed E-state index contributed by atoms with van der Waals surface area (Å²) in [5.74, 6) is -0.982. The van der Waals surface area contributed by atoms with Crippen molar-refractivity contribution in [2.75, 3.05) is 0 Å². The van der Waals surface area contributed by atoms with Gasteiger partial charge in [-0.15, -0.1) is 0 Å². The SMILES string of the molecule is O=C(O)CCn1cnc2c(-c3ccccc3)noc2c1=O. The second-order valence-corrected chi connectivity index (χ2v) is 4.46. The van der Waals surface area contributed by atoms with Crippen LogP contribution in [0.25, 0.3) is 22.4 Å². The number of benzene rings is 1. The number of hydrogen-bond acceptors (Lipinski definition) is 5. The molecule has 0 bridgehead atoms. The average Bonchev–Trinajstić information content (AvgIpc) is 2.92. The molecule has 0 aliphatic carbocycles. The standard InChI is InChI=1S/C14H11N3O4/c18-10(19)6-7-17-8-15-12-11(9-4-2-1-3-5-9)16-21-13(12)14(17)20/h1-5,8H,6-7H2,(H,18,19). The van der Waals surface area contributed by atoms with Crippen LogP contribution in [0.15, 0.2) is 46.0 Å². The molecule has 2 heterocycles. The molecule has 0 atom stereocenters. The van der Waals surface area contributed by atoms with Crippen LogP contribution in [0, 0.1) is 0 Å². The first-order chi connectivity index (χ1) is 10.2. The maximum atomic E-state index is 12.2. The van der Waals surface area contributed by atoms with Gasteiger partial charge in [0.1, 0.15) is 11.2 Å². The molecule has 0 saturated heterocycles. The van der Waals surface area contributed by atoms with Crippen molar-refractivity contribution in [2.24, 2.45) is 0 Å². The van der Waals surface area contributed by atoms with Gasteiger partial charge in [-0.1, -0.05) is 35.5 Å². The van der Waals surface area contributed by atoms with Gasteiger partial charge < -0.3 is 9.63 Å². The number of carboxylic acid groups (broad SMARTS) is 1. The molecule has 7 nitrogen and oxygen atoms in total. The van der Waals surface area contributed by atoms with Crippen LogP contribution in [0.1, 0.15) is 6.42 Å². The van der Waals surface area contributed by atoms with Crippen molar-refractivity contribution in [1.82, 2.24) is 14.7 Å². The molecule has 1 aromatic carbocycles. The summed E-state index contributed by atoms with van der Waals surface area (Å²) in [5.41, 5.74) is 1.26. The topological polar surface area (TPSA) is 98.2 Å². The van der Waals surface area contributed by atoms with E-state index in [4.69, 9.17) is 9.63 Å². The van der Waals surface area contributed by atoms with Gasteiger partial charge >= 0.3 is 5.97 Å². The minimum absolute atomic E-state index is 0.0294. The summed E-state index contributed by atoms with van der Waals surface area (Å²) in [7, 11) is 0. The highest BCUT2D eigenvalue weighted by molar-refractivity contribution is 5.87. The fourth-order valence-corrected chi connectivity index (χ4v) is 2.02. The molecular weight excluding hydrogens is 274 g/mol. The molecule has 7 heteroatoms. The molecule has 2 aromatic heterocycles. The zero-order valence-corrected chi connectivity index (χ0v) is 10.9. The zero-order chi connectivity index (χ0) is 14.8. The highest BCUT2D eigenvalue weighted by atomic mass is 16.5. The predicted molar refractivity (Wildman–Crippen MR) is 73.8 cm³/mol. The van der Waals surface area contributed by atoms with Gasteiger partial charge in [0, 0.05) is 12.1 Å². The Morgan fingerprint density at radius 1 is 1.29 bits per heavy atom. The van der Waals surface area contributed by atoms with Gasteiger partial charge in [0.05, 0.1) is 12.7 Å². The summed E-state index contributed by atoms with van der Waals surface area (Å²) in [4.78, 5) is 26.9. The van der Waals surface area contributed by atoms with Gasteiger partial charge in [0.2, 0.25) is 0 Å². The van der Waals surface area contributed by atoms with E-state index >= 15 is 0 Å². The third kappa shape index (κ3) is 2.40. The second-order valence-electron chi connectivity index (χ2n) is 4.46. The maximum Gasteiger partial charge on any atom is 0.305 e. The Bertz CT molecular complexity index is 852. The lowest BCUT2D eigenvalue weighted by molar-refractivity contribution is -0.137. The number of aromatic nitrogens is 3. The molecule has 0 unspecified atom stereocenters. The van der Waals surface area contributed by atoms with Crippen molar-refractivity contribution in [1.29, 1.82) is 0 Å². The monoisotopic (exact) mass is 285 g/mol. The molecular formula is C14H11N3O4. The molecule has 0 radical (unpaired) electrons. The van der Waals surface area contributed by atoms with Gasteiger partial charge in [0.25, 0.3) is 11.1 Å². The Morgan fingerprint density at radius 3 is 2.76 bits per heavy atom. The van der Waals surface area contributed by atoms with Crippen LogP contribution in [0.4, 0.5) is 0 Å². The van der Waals surface area contributed by atoms with Crippen LogP contribution in [0.3, 0.4) is 0 Å². The fraction of sp³-hybridized carbons (Fsp3) is 0.143. The zero-order valence-electron chi connectivity index (χ0n) is 10.9. The lowest BCUT2D eigenvalue weighted by Crippen LogP contribution is -2.21. The first kappa shape index (κ1) is 13.0. The van der Waals surface area contributed by atoms with Gasteiger partial charge in [-0.3, -0.25) is 14.2 Å². The number of fused-ring (bicyclic) bond motifs is 1. The van der Waals surface area contributed by atoms with E-state index in [1.165, 1.54) is 10.9 Å². The molecule has 0 spiro atoms. The summed E-state index contributed by atoms with van der Waals surface area (Å²) in [6, 6.07) is 9.26. The van der Waals surface area contributed by atoms with Crippen LogP contribution < -0.4 is 5.56 Å². The number of nitrogens with zero attached hydrogens (tertiary/aromatic N) is 3. The van der Waals surface area contributed by atoms with Crippen LogP contribution in [0.5, 0.6) is 0 Å². The maximum absolute atomic E-state index is 12.2. The van der Waals surface area contributed by atoms with Gasteiger partial charge in [-0.25, -0.2) is 4.98 Å². The lowest BCUT2D eigenvalue weighted by Gasteiger charge is -2.01. The molecule has 0 amide bonds. The fourth-order valence-electron chi connectivity index (χ4n) is 2.02. The number of aliphatic carboxylic acids is 1. The van der Waals surface area contributed by atoms with E-state index in [0.29, 0.717) is 11.2 Å². The molecule has 3 aromatic rings. The van der Waals surface area contributed by atoms with Crippen molar-refractivity contribution in [3.63, 3.8) is 0 Å². The van der Waals surface area contributed by atoms with Crippen molar-refractivity contribution >= 4 is 17.1 Å². The quantitative estimate of drug-likeness (QED) is 0.780. The number of carboxylic acids is 1. The minimum atomic E-state index is -0.982. The van der Waals surface area contributed by atoms with Crippen molar-refractivity contribution in [3.05, 3.63) is 47.0 Å². The van der Waals surface area contributed by atoms with E-state index < -0.39 is 11.5 Å². The highest BCUT2D eigenvalue weighted by Gasteiger charge is 2.16. The van der Waals surface area contributed by atoms with Crippen molar-refractivity contribution < 1.29 is 14.4 Å². The van der Waals surface area contributed by atoms with Crippen molar-refractivity contribution in [3.8, 4) is 11.3 Å². The number of hydrogen-bond donors (Lipinski definition) is 1. The van der Waals surface area contributed by atoms with Crippen molar-refractivity contribution in [2.45, 2.75) is 13.0 Å². The Kier molecular flexibility index (Phi) is 3.23. The Balaban J connectivity index is 2.07. The first-order valence-electron chi connectivity index (χ1n) is 6.29. The molecule has 0 fully saturated rings. The summed E-state index contributed by atoms with van der Waals surface area (Å²) in [6.45, 7) is 0.0402. The largest absolute Gasteiger partial charge is 0.481 e. The van der Waals surface area contributed by atoms with E-state index in [9.17, 15) is 9.59 Å².